The highest BCUT2D eigenvalue weighted by molar-refractivity contribution is 5.75. The molecule has 0 bridgehead atoms. The van der Waals surface area contributed by atoms with Gasteiger partial charge in [0.25, 0.3) is 0 Å². The number of carbonyl (C=O) groups is 1. The summed E-state index contributed by atoms with van der Waals surface area (Å²) in [6.45, 7) is 5.26. The molecular weight excluding hydrogens is 152 g/mol. The van der Waals surface area contributed by atoms with Crippen LogP contribution in [0.1, 0.15) is 20.3 Å². The van der Waals surface area contributed by atoms with Crippen LogP contribution in [0.3, 0.4) is 0 Å². The zero-order valence-corrected chi connectivity index (χ0v) is 8.37. The Bertz CT molecular complexity index is 177. The van der Waals surface area contributed by atoms with Gasteiger partial charge in [0.1, 0.15) is 0 Å². The van der Waals surface area contributed by atoms with Crippen molar-refractivity contribution in [2.45, 2.75) is 26.3 Å². The number of urea groups is 1. The maximum absolute atomic E-state index is 11.5. The van der Waals surface area contributed by atoms with Crippen LogP contribution in [0.4, 0.5) is 4.79 Å². The molecule has 0 saturated carbocycles. The van der Waals surface area contributed by atoms with E-state index in [4.69, 9.17) is 0 Å². The number of rotatable bonds is 1. The van der Waals surface area contributed by atoms with Gasteiger partial charge in [0.2, 0.25) is 0 Å². The molecule has 0 aromatic carbocycles. The molecule has 1 unspecified atom stereocenters. The molecule has 70 valence electrons. The zero-order valence-electron chi connectivity index (χ0n) is 8.37. The molecule has 3 heteroatoms. The fourth-order valence-corrected chi connectivity index (χ4v) is 1.59. The van der Waals surface area contributed by atoms with Crippen molar-refractivity contribution in [1.29, 1.82) is 0 Å². The lowest BCUT2D eigenvalue weighted by Gasteiger charge is -2.44. The second kappa shape index (κ2) is 3.33. The monoisotopic (exact) mass is 170 g/mol. The number of likely N-dealkylation sites (tertiary alicyclic amines) is 1. The van der Waals surface area contributed by atoms with E-state index >= 15 is 0 Å². The van der Waals surface area contributed by atoms with Gasteiger partial charge in [0.15, 0.2) is 0 Å². The van der Waals surface area contributed by atoms with Crippen LogP contribution in [0.25, 0.3) is 0 Å². The summed E-state index contributed by atoms with van der Waals surface area (Å²) in [5, 5.41) is 0. The van der Waals surface area contributed by atoms with Crippen LogP contribution in [0, 0.1) is 5.92 Å². The normalized spacial score (nSPS) is 22.4. The molecule has 0 spiro atoms. The molecule has 0 radical (unpaired) electrons. The van der Waals surface area contributed by atoms with Crippen molar-refractivity contribution in [2.75, 3.05) is 20.6 Å². The van der Waals surface area contributed by atoms with Crippen molar-refractivity contribution < 1.29 is 4.79 Å². The third-order valence-corrected chi connectivity index (χ3v) is 2.46. The minimum atomic E-state index is 0.153. The van der Waals surface area contributed by atoms with Gasteiger partial charge in [0, 0.05) is 26.7 Å². The molecular formula is C9H18N2O. The molecule has 1 aliphatic rings. The Morgan fingerprint density at radius 1 is 1.50 bits per heavy atom. The smallest absolute Gasteiger partial charge is 0.319 e. The van der Waals surface area contributed by atoms with Gasteiger partial charge in [0.05, 0.1) is 0 Å². The average Bonchev–Trinajstić information content (AvgIpc) is 1.82. The number of hydrogen-bond donors (Lipinski definition) is 0. The minimum absolute atomic E-state index is 0.153. The molecule has 1 aliphatic heterocycles. The van der Waals surface area contributed by atoms with Crippen molar-refractivity contribution in [3.8, 4) is 0 Å². The maximum Gasteiger partial charge on any atom is 0.319 e. The summed E-state index contributed by atoms with van der Waals surface area (Å²) in [5.41, 5.74) is 0. The van der Waals surface area contributed by atoms with Crippen molar-refractivity contribution >= 4 is 6.03 Å². The second-order valence-corrected chi connectivity index (χ2v) is 3.97. The topological polar surface area (TPSA) is 23.6 Å². The summed E-state index contributed by atoms with van der Waals surface area (Å²) >= 11 is 0. The molecule has 12 heavy (non-hydrogen) atoms. The lowest BCUT2D eigenvalue weighted by molar-refractivity contribution is 0.0705. The number of amides is 2. The fourth-order valence-electron chi connectivity index (χ4n) is 1.59. The van der Waals surface area contributed by atoms with Crippen LogP contribution in [0.5, 0.6) is 0 Å². The Balaban J connectivity index is 2.49. The first-order valence-electron chi connectivity index (χ1n) is 4.52. The Kier molecular flexibility index (Phi) is 2.60. The Morgan fingerprint density at radius 2 is 2.08 bits per heavy atom. The van der Waals surface area contributed by atoms with Gasteiger partial charge in [-0.05, 0) is 12.3 Å². The summed E-state index contributed by atoms with van der Waals surface area (Å²) in [5.74, 6) is 0.586. The SMILES string of the molecule is CC(C)C1CCN1C(=O)N(C)C. The van der Waals surface area contributed by atoms with Crippen molar-refractivity contribution in [3.05, 3.63) is 0 Å². The van der Waals surface area contributed by atoms with Crippen LogP contribution >= 0.6 is 0 Å². The van der Waals surface area contributed by atoms with Gasteiger partial charge < -0.3 is 9.80 Å². The number of nitrogens with zero attached hydrogens (tertiary/aromatic N) is 2. The van der Waals surface area contributed by atoms with Crippen LogP contribution in [-0.2, 0) is 0 Å². The van der Waals surface area contributed by atoms with Crippen LogP contribution in [-0.4, -0.2) is 42.5 Å². The third kappa shape index (κ3) is 1.54. The van der Waals surface area contributed by atoms with Gasteiger partial charge >= 0.3 is 6.03 Å². The quantitative estimate of drug-likeness (QED) is 0.583. The highest BCUT2D eigenvalue weighted by Gasteiger charge is 2.34. The van der Waals surface area contributed by atoms with E-state index in [0.29, 0.717) is 12.0 Å². The van der Waals surface area contributed by atoms with Crippen LogP contribution < -0.4 is 0 Å². The molecule has 1 rings (SSSR count). The summed E-state index contributed by atoms with van der Waals surface area (Å²) in [7, 11) is 3.61. The highest BCUT2D eigenvalue weighted by Crippen LogP contribution is 2.24. The number of hydrogen-bond acceptors (Lipinski definition) is 1. The molecule has 1 saturated heterocycles. The van der Waals surface area contributed by atoms with E-state index < -0.39 is 0 Å². The van der Waals surface area contributed by atoms with E-state index in [2.05, 4.69) is 13.8 Å². The van der Waals surface area contributed by atoms with Crippen LogP contribution in [0.15, 0.2) is 0 Å². The summed E-state index contributed by atoms with van der Waals surface area (Å²) in [4.78, 5) is 15.1. The van der Waals surface area contributed by atoms with Crippen molar-refractivity contribution in [1.82, 2.24) is 9.80 Å². The molecule has 3 nitrogen and oxygen atoms in total. The molecule has 1 fully saturated rings. The molecule has 0 aliphatic carbocycles. The maximum atomic E-state index is 11.5. The first-order valence-corrected chi connectivity index (χ1v) is 4.52. The van der Waals surface area contributed by atoms with Gasteiger partial charge in [-0.2, -0.15) is 0 Å². The van der Waals surface area contributed by atoms with Gasteiger partial charge in [-0.1, -0.05) is 13.8 Å². The lowest BCUT2D eigenvalue weighted by atomic mass is 9.92. The van der Waals surface area contributed by atoms with Crippen molar-refractivity contribution in [3.63, 3.8) is 0 Å². The molecule has 0 N–H and O–H groups in total. The molecule has 0 aromatic rings. The Hall–Kier alpha value is -0.730. The Morgan fingerprint density at radius 3 is 2.33 bits per heavy atom. The van der Waals surface area contributed by atoms with Crippen LogP contribution in [0.2, 0.25) is 0 Å². The van der Waals surface area contributed by atoms with E-state index in [1.54, 1.807) is 19.0 Å². The minimum Gasteiger partial charge on any atom is -0.331 e. The molecule has 0 aromatic heterocycles. The second-order valence-electron chi connectivity index (χ2n) is 3.97. The van der Waals surface area contributed by atoms with E-state index in [1.165, 1.54) is 0 Å². The van der Waals surface area contributed by atoms with E-state index in [9.17, 15) is 4.79 Å². The summed E-state index contributed by atoms with van der Waals surface area (Å²) in [6, 6.07) is 0.625. The molecule has 1 heterocycles. The molecule has 1 atom stereocenters. The third-order valence-electron chi connectivity index (χ3n) is 2.46. The summed E-state index contributed by atoms with van der Waals surface area (Å²) < 4.78 is 0. The summed E-state index contributed by atoms with van der Waals surface area (Å²) in [6.07, 6.45) is 1.16. The van der Waals surface area contributed by atoms with Gasteiger partial charge in [-0.25, -0.2) is 4.79 Å². The standard InChI is InChI=1S/C9H18N2O/c1-7(2)8-5-6-11(8)9(12)10(3)4/h7-8H,5-6H2,1-4H3. The zero-order chi connectivity index (χ0) is 9.30. The van der Waals surface area contributed by atoms with Gasteiger partial charge in [-0.3, -0.25) is 0 Å². The average molecular weight is 170 g/mol. The predicted octanol–water partition coefficient (Wildman–Crippen LogP) is 1.40. The fraction of sp³-hybridized carbons (Fsp3) is 0.889. The van der Waals surface area contributed by atoms with E-state index in [-0.39, 0.29) is 6.03 Å². The Labute approximate surface area is 74.3 Å². The first kappa shape index (κ1) is 9.36. The van der Waals surface area contributed by atoms with E-state index in [1.807, 2.05) is 4.90 Å². The van der Waals surface area contributed by atoms with Gasteiger partial charge in [-0.15, -0.1) is 0 Å². The molecule has 2 amide bonds. The van der Waals surface area contributed by atoms with E-state index in [0.717, 1.165) is 13.0 Å². The lowest BCUT2D eigenvalue weighted by Crippen LogP contribution is -2.56. The number of carbonyl (C=O) groups excluding carboxylic acids is 1. The predicted molar refractivity (Wildman–Crippen MR) is 49.0 cm³/mol. The highest BCUT2D eigenvalue weighted by atomic mass is 16.2. The largest absolute Gasteiger partial charge is 0.331 e. The van der Waals surface area contributed by atoms with Crippen molar-refractivity contribution in [2.24, 2.45) is 5.92 Å². The first-order chi connectivity index (χ1) is 5.54.